The van der Waals surface area contributed by atoms with Gasteiger partial charge in [0.2, 0.25) is 0 Å². The lowest BCUT2D eigenvalue weighted by Gasteiger charge is -2.33. The Labute approximate surface area is 107 Å². The van der Waals surface area contributed by atoms with Gasteiger partial charge in [-0.3, -0.25) is 4.90 Å². The van der Waals surface area contributed by atoms with Crippen molar-refractivity contribution in [3.05, 3.63) is 0 Å². The van der Waals surface area contributed by atoms with Crippen LogP contribution in [0.2, 0.25) is 0 Å². The van der Waals surface area contributed by atoms with Gasteiger partial charge in [0.15, 0.2) is 0 Å². The zero-order valence-electron chi connectivity index (χ0n) is 12.3. The van der Waals surface area contributed by atoms with Crippen molar-refractivity contribution in [1.29, 1.82) is 0 Å². The minimum atomic E-state index is 0.252. The molecule has 1 saturated heterocycles. The zero-order valence-corrected chi connectivity index (χ0v) is 12.3. The number of rotatable bonds is 5. The maximum atomic E-state index is 5.69. The van der Waals surface area contributed by atoms with Gasteiger partial charge in [-0.25, -0.2) is 0 Å². The summed E-state index contributed by atoms with van der Waals surface area (Å²) >= 11 is 0. The van der Waals surface area contributed by atoms with Crippen LogP contribution in [-0.2, 0) is 4.74 Å². The summed E-state index contributed by atoms with van der Waals surface area (Å²) in [5.41, 5.74) is 0.252. The molecule has 0 spiro atoms. The van der Waals surface area contributed by atoms with Crippen molar-refractivity contribution in [2.45, 2.75) is 65.1 Å². The van der Waals surface area contributed by atoms with Gasteiger partial charge in [-0.05, 0) is 40.5 Å². The molecule has 1 heterocycles. The minimum Gasteiger partial charge on any atom is -0.377 e. The van der Waals surface area contributed by atoms with Crippen LogP contribution in [0.25, 0.3) is 0 Å². The van der Waals surface area contributed by atoms with E-state index in [0.29, 0.717) is 12.1 Å². The second-order valence-corrected chi connectivity index (χ2v) is 6.00. The van der Waals surface area contributed by atoms with Crippen LogP contribution in [0.4, 0.5) is 0 Å². The molecule has 17 heavy (non-hydrogen) atoms. The molecule has 2 unspecified atom stereocenters. The van der Waals surface area contributed by atoms with Crippen molar-refractivity contribution < 1.29 is 4.74 Å². The number of ether oxygens (including phenoxy) is 1. The summed E-state index contributed by atoms with van der Waals surface area (Å²) in [6, 6.07) is 0.588. The monoisotopic (exact) mass is 242 g/mol. The SMILES string of the molecule is CCC(C)(C)NCC(C)N1CCCOC(C)C1. The van der Waals surface area contributed by atoms with Crippen molar-refractivity contribution in [2.24, 2.45) is 0 Å². The number of hydrogen-bond acceptors (Lipinski definition) is 3. The van der Waals surface area contributed by atoms with Gasteiger partial charge < -0.3 is 10.1 Å². The molecule has 0 aliphatic carbocycles. The Kier molecular flexibility index (Phi) is 5.90. The molecule has 2 atom stereocenters. The topological polar surface area (TPSA) is 24.5 Å². The van der Waals surface area contributed by atoms with E-state index < -0.39 is 0 Å². The molecular weight excluding hydrogens is 212 g/mol. The first-order valence-electron chi connectivity index (χ1n) is 7.05. The van der Waals surface area contributed by atoms with Crippen molar-refractivity contribution in [3.63, 3.8) is 0 Å². The molecule has 1 rings (SSSR count). The highest BCUT2D eigenvalue weighted by Crippen LogP contribution is 2.11. The second kappa shape index (κ2) is 6.72. The van der Waals surface area contributed by atoms with E-state index in [9.17, 15) is 0 Å². The number of hydrogen-bond donors (Lipinski definition) is 1. The number of nitrogens with zero attached hydrogens (tertiary/aromatic N) is 1. The minimum absolute atomic E-state index is 0.252. The van der Waals surface area contributed by atoms with Crippen LogP contribution >= 0.6 is 0 Å². The Balaban J connectivity index is 2.37. The fourth-order valence-electron chi connectivity index (χ4n) is 2.10. The summed E-state index contributed by atoms with van der Waals surface area (Å²) in [4.78, 5) is 2.55. The van der Waals surface area contributed by atoms with E-state index >= 15 is 0 Å². The maximum Gasteiger partial charge on any atom is 0.0674 e. The summed E-state index contributed by atoms with van der Waals surface area (Å²) in [6.45, 7) is 15.5. The van der Waals surface area contributed by atoms with E-state index in [0.717, 1.165) is 26.1 Å². The third-order valence-corrected chi connectivity index (χ3v) is 3.87. The van der Waals surface area contributed by atoms with Crippen LogP contribution in [0.5, 0.6) is 0 Å². The predicted octanol–water partition coefficient (Wildman–Crippen LogP) is 2.26. The van der Waals surface area contributed by atoms with Gasteiger partial charge in [0, 0.05) is 37.8 Å². The standard InChI is InChI=1S/C14H30N2O/c1-6-14(4,5)15-10-12(2)16-8-7-9-17-13(3)11-16/h12-13,15H,6-11H2,1-5H3. The van der Waals surface area contributed by atoms with Gasteiger partial charge in [0.05, 0.1) is 6.10 Å². The molecule has 102 valence electrons. The Bertz CT molecular complexity index is 218. The van der Waals surface area contributed by atoms with E-state index in [-0.39, 0.29) is 5.54 Å². The Hall–Kier alpha value is -0.120. The predicted molar refractivity (Wildman–Crippen MR) is 73.4 cm³/mol. The molecule has 0 aromatic rings. The molecule has 0 aromatic heterocycles. The zero-order chi connectivity index (χ0) is 12.9. The molecule has 0 bridgehead atoms. The molecular formula is C14H30N2O. The first-order valence-corrected chi connectivity index (χ1v) is 7.05. The van der Waals surface area contributed by atoms with Gasteiger partial charge in [-0.1, -0.05) is 6.92 Å². The smallest absolute Gasteiger partial charge is 0.0674 e. The third kappa shape index (κ3) is 5.36. The van der Waals surface area contributed by atoms with E-state index in [1.165, 1.54) is 13.0 Å². The fourth-order valence-corrected chi connectivity index (χ4v) is 2.10. The van der Waals surface area contributed by atoms with E-state index in [1.54, 1.807) is 0 Å². The molecule has 1 N–H and O–H groups in total. The normalized spacial score (nSPS) is 25.6. The fraction of sp³-hybridized carbons (Fsp3) is 1.00. The van der Waals surface area contributed by atoms with Gasteiger partial charge in [-0.15, -0.1) is 0 Å². The summed E-state index contributed by atoms with van der Waals surface area (Å²) in [5, 5.41) is 3.66. The molecule has 0 amide bonds. The summed E-state index contributed by atoms with van der Waals surface area (Å²) in [6.07, 6.45) is 2.70. The number of nitrogens with one attached hydrogen (secondary N) is 1. The summed E-state index contributed by atoms with van der Waals surface area (Å²) < 4.78 is 5.69. The van der Waals surface area contributed by atoms with Crippen LogP contribution in [-0.4, -0.2) is 48.8 Å². The Morgan fingerprint density at radius 1 is 1.47 bits per heavy atom. The molecule has 3 heteroatoms. The largest absolute Gasteiger partial charge is 0.377 e. The van der Waals surface area contributed by atoms with E-state index in [1.807, 2.05) is 0 Å². The highest BCUT2D eigenvalue weighted by atomic mass is 16.5. The lowest BCUT2D eigenvalue weighted by molar-refractivity contribution is 0.0614. The lowest BCUT2D eigenvalue weighted by Crippen LogP contribution is -2.48. The molecule has 1 aliphatic heterocycles. The first-order chi connectivity index (χ1) is 7.94. The average molecular weight is 242 g/mol. The molecule has 0 radical (unpaired) electrons. The van der Waals surface area contributed by atoms with Crippen molar-refractivity contribution in [2.75, 3.05) is 26.2 Å². The molecule has 1 fully saturated rings. The highest BCUT2D eigenvalue weighted by Gasteiger charge is 2.21. The van der Waals surface area contributed by atoms with Crippen LogP contribution in [0.3, 0.4) is 0 Å². The van der Waals surface area contributed by atoms with Crippen molar-refractivity contribution >= 4 is 0 Å². The van der Waals surface area contributed by atoms with Crippen LogP contribution in [0.15, 0.2) is 0 Å². The van der Waals surface area contributed by atoms with Gasteiger partial charge in [0.1, 0.15) is 0 Å². The molecule has 0 aromatic carbocycles. The van der Waals surface area contributed by atoms with E-state index in [2.05, 4.69) is 44.8 Å². The van der Waals surface area contributed by atoms with Crippen molar-refractivity contribution in [1.82, 2.24) is 10.2 Å². The van der Waals surface area contributed by atoms with Gasteiger partial charge in [0.25, 0.3) is 0 Å². The first kappa shape index (κ1) is 14.9. The van der Waals surface area contributed by atoms with Crippen LogP contribution in [0.1, 0.15) is 47.5 Å². The van der Waals surface area contributed by atoms with Crippen molar-refractivity contribution in [3.8, 4) is 0 Å². The third-order valence-electron chi connectivity index (χ3n) is 3.87. The van der Waals surface area contributed by atoms with Crippen LogP contribution < -0.4 is 5.32 Å². The summed E-state index contributed by atoms with van der Waals surface area (Å²) in [5.74, 6) is 0. The Morgan fingerprint density at radius 2 is 2.18 bits per heavy atom. The average Bonchev–Trinajstić information content (AvgIpc) is 2.51. The van der Waals surface area contributed by atoms with Gasteiger partial charge >= 0.3 is 0 Å². The molecule has 0 saturated carbocycles. The van der Waals surface area contributed by atoms with Gasteiger partial charge in [-0.2, -0.15) is 0 Å². The highest BCUT2D eigenvalue weighted by molar-refractivity contribution is 4.80. The molecule has 1 aliphatic rings. The maximum absolute atomic E-state index is 5.69. The summed E-state index contributed by atoms with van der Waals surface area (Å²) in [7, 11) is 0. The Morgan fingerprint density at radius 3 is 2.82 bits per heavy atom. The van der Waals surface area contributed by atoms with Crippen LogP contribution in [0, 0.1) is 0 Å². The molecule has 3 nitrogen and oxygen atoms in total. The lowest BCUT2D eigenvalue weighted by atomic mass is 10.0. The quantitative estimate of drug-likeness (QED) is 0.800. The second-order valence-electron chi connectivity index (χ2n) is 6.00. The van der Waals surface area contributed by atoms with E-state index in [4.69, 9.17) is 4.74 Å².